The third kappa shape index (κ3) is 3.15. The summed E-state index contributed by atoms with van der Waals surface area (Å²) in [6.45, 7) is 0.187. The van der Waals surface area contributed by atoms with Gasteiger partial charge in [-0.3, -0.25) is 29.3 Å². The van der Waals surface area contributed by atoms with Gasteiger partial charge < -0.3 is 10.4 Å². The van der Waals surface area contributed by atoms with Gasteiger partial charge in [-0.25, -0.2) is 0 Å². The number of amides is 2. The normalized spacial score (nSPS) is 22.6. The van der Waals surface area contributed by atoms with Gasteiger partial charge in [-0.05, 0) is 24.6 Å². The van der Waals surface area contributed by atoms with Crippen molar-refractivity contribution < 1.29 is 29.1 Å². The van der Waals surface area contributed by atoms with Gasteiger partial charge >= 0.3 is 5.97 Å². The predicted molar refractivity (Wildman–Crippen MR) is 85.2 cm³/mol. The van der Waals surface area contributed by atoms with Crippen molar-refractivity contribution in [1.29, 1.82) is 0 Å². The van der Waals surface area contributed by atoms with Crippen LogP contribution in [0, 0.1) is 11.8 Å². The molecule has 25 heavy (non-hydrogen) atoms. The third-order valence-electron chi connectivity index (χ3n) is 4.47. The van der Waals surface area contributed by atoms with Gasteiger partial charge in [0.05, 0.1) is 18.3 Å². The number of ketones is 2. The van der Waals surface area contributed by atoms with Crippen molar-refractivity contribution in [3.05, 3.63) is 29.3 Å². The number of imide groups is 1. The minimum atomic E-state index is -1.10. The van der Waals surface area contributed by atoms with Crippen molar-refractivity contribution in [2.45, 2.75) is 19.3 Å². The van der Waals surface area contributed by atoms with Crippen molar-refractivity contribution in [2.24, 2.45) is 11.8 Å². The van der Waals surface area contributed by atoms with Gasteiger partial charge in [0.1, 0.15) is 0 Å². The lowest BCUT2D eigenvalue weighted by molar-refractivity contribution is -0.138. The SMILES string of the molecule is O=C(O)CCNc1ccc2c(c1)C(=O)C(C1CCC(=O)NC1=O)C2=O. The fourth-order valence-corrected chi connectivity index (χ4v) is 3.23. The standard InChI is InChI=1S/C17H16N2O6/c20-12-4-3-10(17(25)19-12)14-15(23)9-2-1-8(7-11(9)16(14)24)18-6-5-13(21)22/h1-2,7,10,14,18H,3-6H2,(H,21,22)(H,19,20,25). The molecule has 1 aliphatic carbocycles. The Balaban J connectivity index is 1.80. The van der Waals surface area contributed by atoms with Crippen LogP contribution < -0.4 is 10.6 Å². The number of carbonyl (C=O) groups excluding carboxylic acids is 4. The molecule has 130 valence electrons. The largest absolute Gasteiger partial charge is 0.481 e. The Morgan fingerprint density at radius 3 is 2.56 bits per heavy atom. The quantitative estimate of drug-likeness (QED) is 0.527. The number of hydrogen-bond donors (Lipinski definition) is 3. The zero-order valence-electron chi connectivity index (χ0n) is 13.2. The average Bonchev–Trinajstić information content (AvgIpc) is 2.79. The first kappa shape index (κ1) is 16.8. The number of rotatable bonds is 5. The van der Waals surface area contributed by atoms with E-state index >= 15 is 0 Å². The molecule has 1 fully saturated rings. The number of benzene rings is 1. The summed E-state index contributed by atoms with van der Waals surface area (Å²) in [5.41, 5.74) is 1.01. The summed E-state index contributed by atoms with van der Waals surface area (Å²) in [5.74, 6) is -4.72. The van der Waals surface area contributed by atoms with Crippen molar-refractivity contribution in [2.75, 3.05) is 11.9 Å². The molecule has 2 aliphatic rings. The van der Waals surface area contributed by atoms with E-state index in [1.165, 1.54) is 12.1 Å². The van der Waals surface area contributed by atoms with E-state index in [9.17, 15) is 24.0 Å². The van der Waals surface area contributed by atoms with E-state index in [1.807, 2.05) is 0 Å². The monoisotopic (exact) mass is 344 g/mol. The molecule has 0 bridgehead atoms. The second-order valence-corrected chi connectivity index (χ2v) is 6.09. The molecule has 1 saturated heterocycles. The average molecular weight is 344 g/mol. The molecule has 3 N–H and O–H groups in total. The Morgan fingerprint density at radius 1 is 1.16 bits per heavy atom. The molecule has 0 saturated carbocycles. The maximum Gasteiger partial charge on any atom is 0.305 e. The van der Waals surface area contributed by atoms with E-state index in [0.717, 1.165) is 0 Å². The lowest BCUT2D eigenvalue weighted by atomic mass is 9.82. The Morgan fingerprint density at radius 2 is 1.88 bits per heavy atom. The van der Waals surface area contributed by atoms with Crippen LogP contribution in [0.4, 0.5) is 5.69 Å². The number of piperidine rings is 1. The molecule has 2 amide bonds. The molecule has 1 aliphatic heterocycles. The second kappa shape index (κ2) is 6.46. The first-order valence-corrected chi connectivity index (χ1v) is 7.90. The molecule has 2 unspecified atom stereocenters. The molecule has 3 rings (SSSR count). The highest BCUT2D eigenvalue weighted by Crippen LogP contribution is 2.36. The first-order chi connectivity index (χ1) is 11.9. The van der Waals surface area contributed by atoms with Crippen LogP contribution >= 0.6 is 0 Å². The van der Waals surface area contributed by atoms with Crippen LogP contribution in [0.2, 0.25) is 0 Å². The topological polar surface area (TPSA) is 130 Å². The van der Waals surface area contributed by atoms with Crippen molar-refractivity contribution in [3.63, 3.8) is 0 Å². The van der Waals surface area contributed by atoms with E-state index in [-0.39, 0.29) is 36.9 Å². The van der Waals surface area contributed by atoms with Gasteiger partial charge in [0.2, 0.25) is 11.8 Å². The van der Waals surface area contributed by atoms with Gasteiger partial charge in [0.15, 0.2) is 11.6 Å². The second-order valence-electron chi connectivity index (χ2n) is 6.09. The molecule has 1 heterocycles. The van der Waals surface area contributed by atoms with Crippen LogP contribution in [0.5, 0.6) is 0 Å². The van der Waals surface area contributed by atoms with Crippen molar-refractivity contribution in [1.82, 2.24) is 5.32 Å². The fraction of sp³-hybridized carbons (Fsp3) is 0.353. The van der Waals surface area contributed by atoms with Gasteiger partial charge in [-0.15, -0.1) is 0 Å². The maximum absolute atomic E-state index is 12.7. The molecule has 1 aromatic rings. The molecular weight excluding hydrogens is 328 g/mol. The highest BCUT2D eigenvalue weighted by atomic mass is 16.4. The number of anilines is 1. The zero-order valence-corrected chi connectivity index (χ0v) is 13.2. The lowest BCUT2D eigenvalue weighted by Gasteiger charge is -2.23. The van der Waals surface area contributed by atoms with Crippen molar-refractivity contribution >= 4 is 35.0 Å². The van der Waals surface area contributed by atoms with Gasteiger partial charge in [0, 0.05) is 29.8 Å². The Hall–Kier alpha value is -3.03. The highest BCUT2D eigenvalue weighted by molar-refractivity contribution is 6.28. The number of carboxylic acid groups (broad SMARTS) is 1. The summed E-state index contributed by atoms with van der Waals surface area (Å²) in [7, 11) is 0. The van der Waals surface area contributed by atoms with E-state index in [4.69, 9.17) is 5.11 Å². The van der Waals surface area contributed by atoms with Crippen molar-refractivity contribution in [3.8, 4) is 0 Å². The molecule has 8 heteroatoms. The molecule has 2 atom stereocenters. The van der Waals surface area contributed by atoms with Crippen LogP contribution in [-0.4, -0.2) is 41.0 Å². The maximum atomic E-state index is 12.7. The molecule has 0 aromatic heterocycles. The molecule has 1 aromatic carbocycles. The van der Waals surface area contributed by atoms with Gasteiger partial charge in [-0.1, -0.05) is 0 Å². The third-order valence-corrected chi connectivity index (χ3v) is 4.47. The van der Waals surface area contributed by atoms with Gasteiger partial charge in [0.25, 0.3) is 0 Å². The first-order valence-electron chi connectivity index (χ1n) is 7.90. The smallest absolute Gasteiger partial charge is 0.305 e. The van der Waals surface area contributed by atoms with Crippen LogP contribution in [0.3, 0.4) is 0 Å². The van der Waals surface area contributed by atoms with E-state index in [0.29, 0.717) is 5.69 Å². The summed E-state index contributed by atoms with van der Waals surface area (Å²) < 4.78 is 0. The summed E-state index contributed by atoms with van der Waals surface area (Å²) in [5, 5.41) is 13.7. The highest BCUT2D eigenvalue weighted by Gasteiger charge is 2.47. The number of carbonyl (C=O) groups is 5. The summed E-state index contributed by atoms with van der Waals surface area (Å²) >= 11 is 0. The van der Waals surface area contributed by atoms with E-state index < -0.39 is 41.2 Å². The number of fused-ring (bicyclic) bond motifs is 1. The van der Waals surface area contributed by atoms with Crippen LogP contribution in [0.15, 0.2) is 18.2 Å². The fourth-order valence-electron chi connectivity index (χ4n) is 3.23. The number of aliphatic carboxylic acids is 1. The number of nitrogens with one attached hydrogen (secondary N) is 2. The molecular formula is C17H16N2O6. The summed E-state index contributed by atoms with van der Waals surface area (Å²) in [6.07, 6.45) is 0.194. The molecule has 0 spiro atoms. The Labute approximate surface area is 142 Å². The number of hydrogen-bond acceptors (Lipinski definition) is 6. The molecule has 0 radical (unpaired) electrons. The lowest BCUT2D eigenvalue weighted by Crippen LogP contribution is -2.46. The molecule has 8 nitrogen and oxygen atoms in total. The van der Waals surface area contributed by atoms with Crippen LogP contribution in [0.1, 0.15) is 40.0 Å². The Kier molecular flexibility index (Phi) is 4.35. The Bertz CT molecular complexity index is 800. The number of carboxylic acids is 1. The summed E-state index contributed by atoms with van der Waals surface area (Å²) in [6, 6.07) is 4.60. The minimum absolute atomic E-state index is 0.0805. The minimum Gasteiger partial charge on any atom is -0.481 e. The zero-order chi connectivity index (χ0) is 18.1. The van der Waals surface area contributed by atoms with Crippen LogP contribution in [-0.2, 0) is 14.4 Å². The van der Waals surface area contributed by atoms with Crippen LogP contribution in [0.25, 0.3) is 0 Å². The summed E-state index contributed by atoms with van der Waals surface area (Å²) in [4.78, 5) is 59.0. The van der Waals surface area contributed by atoms with E-state index in [2.05, 4.69) is 10.6 Å². The van der Waals surface area contributed by atoms with Gasteiger partial charge in [-0.2, -0.15) is 0 Å². The predicted octanol–water partition coefficient (Wildman–Crippen LogP) is 0.621. The van der Waals surface area contributed by atoms with E-state index in [1.54, 1.807) is 6.07 Å². The number of Topliss-reactive ketones (excluding diaryl/α,β-unsaturated/α-hetero) is 2.